The number of hydrogen-bond acceptors (Lipinski definition) is 6. The summed E-state index contributed by atoms with van der Waals surface area (Å²) in [7, 11) is 0. The van der Waals surface area contributed by atoms with Crippen molar-refractivity contribution < 1.29 is 29.0 Å². The van der Waals surface area contributed by atoms with Crippen molar-refractivity contribution in [2.75, 3.05) is 24.7 Å². The largest absolute Gasteiger partial charge is 0.465 e. The lowest BCUT2D eigenvalue weighted by atomic mass is 9.70. The SMILES string of the molecule is C=CCCCOC(=O)[C@@H]1[C@H]2C(=O)N([C@H](CO)c3ccccc3)C(C(=O)N(CC=C)c3ccc(Cl)cc3)C23CC[C@H]1O3. The zero-order valence-corrected chi connectivity index (χ0v) is 23.6. The van der Waals surface area contributed by atoms with Crippen LogP contribution in [0.3, 0.4) is 0 Å². The summed E-state index contributed by atoms with van der Waals surface area (Å²) in [5.74, 6) is -3.00. The highest BCUT2D eigenvalue weighted by Crippen LogP contribution is 2.60. The maximum absolute atomic E-state index is 14.6. The molecule has 2 aromatic rings. The number of carbonyl (C=O) groups is 3. The minimum absolute atomic E-state index is 0.174. The molecule has 2 unspecified atom stereocenters. The Morgan fingerprint density at radius 2 is 1.90 bits per heavy atom. The molecule has 2 aromatic carbocycles. The number of halogens is 1. The van der Waals surface area contributed by atoms with Crippen LogP contribution in [0.25, 0.3) is 0 Å². The normalized spacial score (nSPS) is 26.9. The van der Waals surface area contributed by atoms with Gasteiger partial charge in [-0.15, -0.1) is 13.2 Å². The van der Waals surface area contributed by atoms with Gasteiger partial charge in [0.05, 0.1) is 37.2 Å². The summed E-state index contributed by atoms with van der Waals surface area (Å²) in [6, 6.07) is 14.0. The van der Waals surface area contributed by atoms with Gasteiger partial charge in [-0.25, -0.2) is 0 Å². The molecule has 3 aliphatic heterocycles. The molecule has 2 bridgehead atoms. The van der Waals surface area contributed by atoms with Crippen LogP contribution in [0.5, 0.6) is 0 Å². The Kier molecular flexibility index (Phi) is 8.63. The van der Waals surface area contributed by atoms with E-state index >= 15 is 0 Å². The number of esters is 1. The van der Waals surface area contributed by atoms with Gasteiger partial charge in [0, 0.05) is 17.3 Å². The van der Waals surface area contributed by atoms with Crippen LogP contribution in [0.4, 0.5) is 5.69 Å². The number of benzene rings is 2. The molecular formula is C32H35ClN2O6. The van der Waals surface area contributed by atoms with Gasteiger partial charge in [0.1, 0.15) is 11.6 Å². The molecule has 3 saturated heterocycles. The van der Waals surface area contributed by atoms with Crippen molar-refractivity contribution in [3.8, 4) is 0 Å². The number of carbonyl (C=O) groups excluding carboxylic acids is 3. The highest BCUT2D eigenvalue weighted by Gasteiger charge is 2.75. The number of aliphatic hydroxyl groups excluding tert-OH is 1. The van der Waals surface area contributed by atoms with E-state index in [1.54, 1.807) is 41.3 Å². The van der Waals surface area contributed by atoms with Crippen molar-refractivity contribution in [3.05, 3.63) is 90.5 Å². The third kappa shape index (κ3) is 5.09. The van der Waals surface area contributed by atoms with Crippen molar-refractivity contribution in [3.63, 3.8) is 0 Å². The van der Waals surface area contributed by atoms with E-state index in [9.17, 15) is 19.5 Å². The summed E-state index contributed by atoms with van der Waals surface area (Å²) in [6.45, 7) is 7.50. The lowest BCUT2D eigenvalue weighted by Crippen LogP contribution is -2.57. The van der Waals surface area contributed by atoms with Crippen LogP contribution in [0.15, 0.2) is 79.9 Å². The van der Waals surface area contributed by atoms with E-state index in [0.717, 1.165) is 0 Å². The van der Waals surface area contributed by atoms with E-state index in [0.29, 0.717) is 42.0 Å². The second-order valence-corrected chi connectivity index (χ2v) is 11.2. The van der Waals surface area contributed by atoms with Crippen molar-refractivity contribution in [2.24, 2.45) is 11.8 Å². The number of anilines is 1. The summed E-state index contributed by atoms with van der Waals surface area (Å²) in [5, 5.41) is 11.1. The number of fused-ring (bicyclic) bond motifs is 1. The number of allylic oxidation sites excluding steroid dienone is 1. The van der Waals surface area contributed by atoms with Crippen molar-refractivity contribution in [1.82, 2.24) is 4.90 Å². The minimum Gasteiger partial charge on any atom is -0.465 e. The quantitative estimate of drug-likeness (QED) is 0.227. The Morgan fingerprint density at radius 1 is 1.17 bits per heavy atom. The molecule has 0 aliphatic carbocycles. The van der Waals surface area contributed by atoms with Crippen LogP contribution in [0.1, 0.15) is 37.3 Å². The fourth-order valence-corrected chi connectivity index (χ4v) is 6.85. The van der Waals surface area contributed by atoms with Gasteiger partial charge in [-0.1, -0.05) is 54.1 Å². The van der Waals surface area contributed by atoms with Gasteiger partial charge < -0.3 is 24.4 Å². The third-order valence-electron chi connectivity index (χ3n) is 8.45. The number of likely N-dealkylation sites (tertiary alicyclic amines) is 1. The highest BCUT2D eigenvalue weighted by molar-refractivity contribution is 6.30. The molecule has 0 radical (unpaired) electrons. The number of hydrogen-bond donors (Lipinski definition) is 1. The molecule has 0 saturated carbocycles. The van der Waals surface area contributed by atoms with Gasteiger partial charge in [0.25, 0.3) is 5.91 Å². The van der Waals surface area contributed by atoms with E-state index < -0.39 is 54.1 Å². The molecule has 0 aromatic heterocycles. The zero-order chi connectivity index (χ0) is 29.1. The van der Waals surface area contributed by atoms with Crippen molar-refractivity contribution in [1.29, 1.82) is 0 Å². The second kappa shape index (κ2) is 12.2. The summed E-state index contributed by atoms with van der Waals surface area (Å²) >= 11 is 6.12. The first-order valence-electron chi connectivity index (χ1n) is 14.0. The maximum atomic E-state index is 14.6. The minimum atomic E-state index is -1.24. The molecule has 9 heteroatoms. The lowest BCUT2D eigenvalue weighted by molar-refractivity contribution is -0.156. The van der Waals surface area contributed by atoms with Crippen LogP contribution < -0.4 is 4.90 Å². The van der Waals surface area contributed by atoms with E-state index in [1.165, 1.54) is 4.90 Å². The first kappa shape index (κ1) is 29.0. The van der Waals surface area contributed by atoms with Gasteiger partial charge in [-0.2, -0.15) is 0 Å². The molecule has 3 aliphatic rings. The van der Waals surface area contributed by atoms with E-state index in [-0.39, 0.29) is 19.1 Å². The van der Waals surface area contributed by atoms with Crippen LogP contribution in [-0.2, 0) is 23.9 Å². The average Bonchev–Trinajstić information content (AvgIpc) is 3.63. The highest BCUT2D eigenvalue weighted by atomic mass is 35.5. The molecule has 5 rings (SSSR count). The van der Waals surface area contributed by atoms with E-state index in [1.807, 2.05) is 30.3 Å². The zero-order valence-electron chi connectivity index (χ0n) is 22.9. The topological polar surface area (TPSA) is 96.4 Å². The van der Waals surface area contributed by atoms with Gasteiger partial charge in [-0.3, -0.25) is 14.4 Å². The number of nitrogens with zero attached hydrogens (tertiary/aromatic N) is 2. The molecule has 1 spiro atoms. The van der Waals surface area contributed by atoms with Crippen LogP contribution in [-0.4, -0.2) is 65.3 Å². The number of ether oxygens (including phenoxy) is 2. The number of aliphatic hydroxyl groups is 1. The predicted molar refractivity (Wildman–Crippen MR) is 155 cm³/mol. The molecule has 8 nitrogen and oxygen atoms in total. The molecule has 6 atom stereocenters. The third-order valence-corrected chi connectivity index (χ3v) is 8.70. The van der Waals surface area contributed by atoms with Crippen LogP contribution in [0, 0.1) is 11.8 Å². The Bertz CT molecular complexity index is 1300. The standard InChI is InChI=1S/C32H35ClN2O6/c1-3-5-9-19-40-31(39)26-25-16-17-32(41-25)27(26)29(37)35(24(20-36)21-10-7-6-8-11-21)28(32)30(38)34(18-4-2)23-14-12-22(33)13-15-23/h3-4,6-8,10-15,24-28,36H,1-2,5,9,16-20H2/t24-,25-,26+,27+,28?,32?/m1/s1. The summed E-state index contributed by atoms with van der Waals surface area (Å²) in [4.78, 5) is 45.4. The fraction of sp³-hybridized carbons (Fsp3) is 0.406. The molecule has 1 N–H and O–H groups in total. The molecule has 3 fully saturated rings. The molecule has 2 amide bonds. The lowest BCUT2D eigenvalue weighted by Gasteiger charge is -2.39. The smallest absolute Gasteiger partial charge is 0.312 e. The summed E-state index contributed by atoms with van der Waals surface area (Å²) in [5.41, 5.74) is 0.0208. The van der Waals surface area contributed by atoms with Crippen LogP contribution in [0.2, 0.25) is 5.02 Å². The van der Waals surface area contributed by atoms with Crippen molar-refractivity contribution >= 4 is 35.1 Å². The molecule has 41 heavy (non-hydrogen) atoms. The predicted octanol–water partition coefficient (Wildman–Crippen LogP) is 4.48. The van der Waals surface area contributed by atoms with E-state index in [2.05, 4.69) is 13.2 Å². The number of unbranched alkanes of at least 4 members (excludes halogenated alkanes) is 1. The van der Waals surface area contributed by atoms with Gasteiger partial charge in [0.2, 0.25) is 5.91 Å². The molecular weight excluding hydrogens is 544 g/mol. The van der Waals surface area contributed by atoms with Gasteiger partial charge in [-0.05, 0) is 55.5 Å². The summed E-state index contributed by atoms with van der Waals surface area (Å²) < 4.78 is 12.1. The first-order valence-corrected chi connectivity index (χ1v) is 14.4. The fourth-order valence-electron chi connectivity index (χ4n) is 6.72. The Hall–Kier alpha value is -3.46. The molecule has 216 valence electrons. The van der Waals surface area contributed by atoms with Gasteiger partial charge in [0.15, 0.2) is 0 Å². The Morgan fingerprint density at radius 3 is 2.56 bits per heavy atom. The van der Waals surface area contributed by atoms with E-state index in [4.69, 9.17) is 21.1 Å². The second-order valence-electron chi connectivity index (χ2n) is 10.7. The number of rotatable bonds is 12. The first-order chi connectivity index (χ1) is 19.9. The molecule has 3 heterocycles. The maximum Gasteiger partial charge on any atom is 0.312 e. The Balaban J connectivity index is 1.58. The van der Waals surface area contributed by atoms with Crippen LogP contribution >= 0.6 is 11.6 Å². The van der Waals surface area contributed by atoms with Crippen molar-refractivity contribution in [2.45, 2.75) is 49.5 Å². The average molecular weight is 579 g/mol. The van der Waals surface area contributed by atoms with Gasteiger partial charge >= 0.3 is 5.97 Å². The summed E-state index contributed by atoms with van der Waals surface area (Å²) in [6.07, 6.45) is 5.12. The monoisotopic (exact) mass is 578 g/mol. The Labute approximate surface area is 245 Å². The number of amides is 2.